The summed E-state index contributed by atoms with van der Waals surface area (Å²) in [7, 11) is 0. The molecule has 0 N–H and O–H groups in total. The van der Waals surface area contributed by atoms with Crippen LogP contribution in [0.3, 0.4) is 0 Å². The van der Waals surface area contributed by atoms with Crippen molar-refractivity contribution in [2.45, 2.75) is 114 Å². The van der Waals surface area contributed by atoms with Gasteiger partial charge in [-0.15, -0.1) is 12.3 Å². The lowest BCUT2D eigenvalue weighted by Crippen LogP contribution is -2.80. The molecule has 2 aromatic heterocycles. The van der Waals surface area contributed by atoms with Gasteiger partial charge in [-0.3, -0.25) is 18.3 Å². The van der Waals surface area contributed by atoms with Crippen molar-refractivity contribution in [1.29, 1.82) is 5.26 Å². The van der Waals surface area contributed by atoms with E-state index in [2.05, 4.69) is 138 Å². The van der Waals surface area contributed by atoms with Crippen molar-refractivity contribution >= 4 is 17.6 Å². The number of aromatic nitrogens is 4. The summed E-state index contributed by atoms with van der Waals surface area (Å²) >= 11 is 0. The van der Waals surface area contributed by atoms with E-state index in [0.29, 0.717) is 6.32 Å². The lowest BCUT2D eigenvalue weighted by molar-refractivity contribution is -0.709. The van der Waals surface area contributed by atoms with Crippen molar-refractivity contribution in [2.24, 2.45) is 0 Å². The SMILES string of the molecule is Cc1c(C)[n+](C(C)C)c([B-](C#N)(Cc2ccccc2)c2n(C(C)C)c(C)c(C)[n+]2C(C)C)n1C(C)C. The lowest BCUT2D eigenvalue weighted by Gasteiger charge is -2.32. The lowest BCUT2D eigenvalue weighted by atomic mass is 9.21. The van der Waals surface area contributed by atoms with Crippen molar-refractivity contribution in [1.82, 2.24) is 9.13 Å². The maximum Gasteiger partial charge on any atom is 0.340 e. The molecule has 0 unspecified atom stereocenters. The minimum Gasteiger partial charge on any atom is -0.264 e. The Hall–Kier alpha value is -2.81. The summed E-state index contributed by atoms with van der Waals surface area (Å²) in [5.74, 6) is 3.04. The molecule has 0 aliphatic heterocycles. The number of hydrogen-bond donors (Lipinski definition) is 0. The second kappa shape index (κ2) is 10.3. The van der Waals surface area contributed by atoms with Crippen molar-refractivity contribution in [3.8, 4) is 5.97 Å². The third-order valence-electron chi connectivity index (χ3n) is 8.03. The van der Waals surface area contributed by atoms with E-state index in [1.54, 1.807) is 0 Å². The second-order valence-electron chi connectivity index (χ2n) is 11.8. The van der Waals surface area contributed by atoms with Crippen molar-refractivity contribution in [3.05, 3.63) is 58.7 Å². The van der Waals surface area contributed by atoms with Crippen LogP contribution in [0.25, 0.3) is 0 Å². The molecule has 0 radical (unpaired) electrons. The van der Waals surface area contributed by atoms with Crippen LogP contribution in [0.1, 0.15) is 108 Å². The minimum atomic E-state index is -1.87. The number of hydrogen-bond acceptors (Lipinski definition) is 1. The smallest absolute Gasteiger partial charge is 0.264 e. The van der Waals surface area contributed by atoms with Crippen LogP contribution < -0.4 is 20.6 Å². The van der Waals surface area contributed by atoms with Crippen LogP contribution in [0.15, 0.2) is 30.3 Å². The van der Waals surface area contributed by atoms with E-state index in [9.17, 15) is 5.26 Å². The molecule has 0 bridgehead atoms. The van der Waals surface area contributed by atoms with E-state index in [4.69, 9.17) is 0 Å². The Kier molecular flexibility index (Phi) is 7.93. The summed E-state index contributed by atoms with van der Waals surface area (Å²) in [6, 6.07) is 11.6. The number of imidazole rings is 2. The Labute approximate surface area is 219 Å². The quantitative estimate of drug-likeness (QED) is 0.331. The van der Waals surface area contributed by atoms with Crippen LogP contribution >= 0.6 is 0 Å². The highest BCUT2D eigenvalue weighted by atomic mass is 15.2. The maximum atomic E-state index is 11.5. The first kappa shape index (κ1) is 27.8. The molecule has 0 aliphatic carbocycles. The first-order valence-corrected chi connectivity index (χ1v) is 13.7. The highest BCUT2D eigenvalue weighted by Gasteiger charge is 2.52. The van der Waals surface area contributed by atoms with E-state index in [1.165, 1.54) is 28.3 Å². The van der Waals surface area contributed by atoms with Gasteiger partial charge in [-0.25, -0.2) is 5.26 Å². The fourth-order valence-electron chi connectivity index (χ4n) is 6.60. The van der Waals surface area contributed by atoms with Gasteiger partial charge < -0.3 is 0 Å². The maximum absolute atomic E-state index is 11.5. The molecule has 0 atom stereocenters. The molecule has 0 aliphatic rings. The molecular formula is C30H47BN5+. The van der Waals surface area contributed by atoms with Gasteiger partial charge in [-0.2, -0.15) is 0 Å². The summed E-state index contributed by atoms with van der Waals surface area (Å²) in [4.78, 5) is 0. The van der Waals surface area contributed by atoms with E-state index in [1.807, 2.05) is 0 Å². The van der Waals surface area contributed by atoms with Gasteiger partial charge in [0, 0.05) is 27.7 Å². The predicted octanol–water partition coefficient (Wildman–Crippen LogP) is 4.83. The Morgan fingerprint density at radius 1 is 0.722 bits per heavy atom. The molecule has 0 amide bonds. The average molecular weight is 489 g/mol. The molecule has 36 heavy (non-hydrogen) atoms. The Morgan fingerprint density at radius 2 is 1.11 bits per heavy atom. The van der Waals surface area contributed by atoms with E-state index in [-0.39, 0.29) is 24.2 Å². The van der Waals surface area contributed by atoms with Crippen LogP contribution in [-0.2, 0) is 6.32 Å². The Balaban J connectivity index is 2.67. The molecule has 2 heterocycles. The standard InChI is InChI=1S/C30H47BN5/c1-20(2)33-24(9)25(10)34(21(3)4)29(33)31(19-32,18-28-16-14-13-15-17-28)30-35(22(5)6)26(11)27(12)36(30)23(7)8/h13-17,20-23H,18H2,1-12H3/q+1. The molecule has 194 valence electrons. The molecule has 1 aromatic carbocycles. The van der Waals surface area contributed by atoms with Crippen LogP contribution in [0, 0.1) is 38.9 Å². The van der Waals surface area contributed by atoms with Gasteiger partial charge in [-0.05, 0) is 55.4 Å². The molecule has 0 spiro atoms. The molecule has 0 fully saturated rings. The molecule has 3 aromatic rings. The van der Waals surface area contributed by atoms with Crippen LogP contribution in [0.4, 0.5) is 0 Å². The van der Waals surface area contributed by atoms with Crippen molar-refractivity contribution in [3.63, 3.8) is 0 Å². The summed E-state index contributed by atoms with van der Waals surface area (Å²) in [6.07, 6.45) is -1.20. The first-order valence-electron chi connectivity index (χ1n) is 13.7. The van der Waals surface area contributed by atoms with Gasteiger partial charge in [0.15, 0.2) is 0 Å². The molecule has 6 heteroatoms. The molecule has 5 nitrogen and oxygen atoms in total. The van der Waals surface area contributed by atoms with E-state index in [0.717, 1.165) is 11.4 Å². The molecule has 0 saturated heterocycles. The zero-order valence-electron chi connectivity index (χ0n) is 24.7. The molecular weight excluding hydrogens is 441 g/mol. The van der Waals surface area contributed by atoms with Gasteiger partial charge >= 0.3 is 6.15 Å². The summed E-state index contributed by atoms with van der Waals surface area (Å²) in [5, 5.41) is 11.5. The Bertz CT molecular complexity index is 1140. The first-order chi connectivity index (χ1) is 16.8. The summed E-state index contributed by atoms with van der Waals surface area (Å²) < 4.78 is 9.81. The molecule has 3 rings (SSSR count). The van der Waals surface area contributed by atoms with Crippen LogP contribution in [0.2, 0.25) is 0 Å². The highest BCUT2D eigenvalue weighted by Crippen LogP contribution is 2.22. The average Bonchev–Trinajstić information content (AvgIpc) is 3.24. The van der Waals surface area contributed by atoms with Crippen molar-refractivity contribution in [2.75, 3.05) is 0 Å². The van der Waals surface area contributed by atoms with Crippen LogP contribution in [0.5, 0.6) is 0 Å². The van der Waals surface area contributed by atoms with E-state index < -0.39 is 6.15 Å². The summed E-state index contributed by atoms with van der Waals surface area (Å²) in [5.41, 5.74) is 8.48. The van der Waals surface area contributed by atoms with Gasteiger partial charge in [0.2, 0.25) is 0 Å². The third kappa shape index (κ3) is 4.31. The highest BCUT2D eigenvalue weighted by molar-refractivity contribution is 7.04. The van der Waals surface area contributed by atoms with Gasteiger partial charge in [0.1, 0.15) is 34.2 Å². The Morgan fingerprint density at radius 3 is 1.42 bits per heavy atom. The zero-order chi connectivity index (χ0) is 27.1. The fraction of sp³-hybridized carbons (Fsp3) is 0.567. The van der Waals surface area contributed by atoms with Gasteiger partial charge in [0.25, 0.3) is 0 Å². The van der Waals surface area contributed by atoms with E-state index >= 15 is 0 Å². The fourth-order valence-corrected chi connectivity index (χ4v) is 6.60. The number of nitrogens with zero attached hydrogens (tertiary/aromatic N) is 5. The van der Waals surface area contributed by atoms with Crippen molar-refractivity contribution < 1.29 is 9.13 Å². The number of benzene rings is 1. The third-order valence-corrected chi connectivity index (χ3v) is 8.03. The second-order valence-corrected chi connectivity index (χ2v) is 11.8. The predicted molar refractivity (Wildman–Crippen MR) is 151 cm³/mol. The number of rotatable bonds is 8. The van der Waals surface area contributed by atoms with Crippen LogP contribution in [-0.4, -0.2) is 15.3 Å². The van der Waals surface area contributed by atoms with Gasteiger partial charge in [0.05, 0.1) is 24.2 Å². The monoisotopic (exact) mass is 488 g/mol. The molecule has 0 saturated carbocycles. The van der Waals surface area contributed by atoms with Gasteiger partial charge in [-0.1, -0.05) is 35.9 Å². The normalized spacial score (nSPS) is 12.4. The summed E-state index contributed by atoms with van der Waals surface area (Å²) in [6.45, 7) is 26.8. The zero-order valence-corrected chi connectivity index (χ0v) is 24.7. The number of nitriles is 1. The largest absolute Gasteiger partial charge is 0.340 e. The minimum absolute atomic E-state index is 0.237. The topological polar surface area (TPSA) is 41.4 Å².